The molecule has 2 aromatic carbocycles. The molecule has 0 bridgehead atoms. The molecule has 0 atom stereocenters. The Morgan fingerprint density at radius 2 is 1.92 bits per heavy atom. The fourth-order valence-corrected chi connectivity index (χ4v) is 3.46. The van der Waals surface area contributed by atoms with E-state index in [0.29, 0.717) is 5.56 Å². The number of benzene rings is 2. The van der Waals surface area contributed by atoms with E-state index in [9.17, 15) is 4.79 Å². The number of fused-ring (bicyclic) bond motifs is 1. The Morgan fingerprint density at radius 3 is 2.60 bits per heavy atom. The van der Waals surface area contributed by atoms with Crippen LogP contribution in [-0.4, -0.2) is 11.9 Å². The molecule has 0 radical (unpaired) electrons. The van der Waals surface area contributed by atoms with Crippen molar-refractivity contribution in [2.24, 2.45) is 16.5 Å². The monoisotopic (exact) mass is 333 g/mol. The van der Waals surface area contributed by atoms with Crippen LogP contribution < -0.4 is 11.5 Å². The van der Waals surface area contributed by atoms with Crippen molar-refractivity contribution in [1.82, 2.24) is 0 Å². The van der Waals surface area contributed by atoms with E-state index in [1.54, 1.807) is 6.07 Å². The lowest BCUT2D eigenvalue weighted by atomic mass is 9.80. The van der Waals surface area contributed by atoms with Crippen LogP contribution in [0.1, 0.15) is 52.4 Å². The first-order valence-electron chi connectivity index (χ1n) is 8.56. The van der Waals surface area contributed by atoms with Gasteiger partial charge >= 0.3 is 0 Å². The molecule has 4 heteroatoms. The van der Waals surface area contributed by atoms with Crippen LogP contribution in [0.5, 0.6) is 0 Å². The first-order chi connectivity index (χ1) is 12.0. The lowest BCUT2D eigenvalue weighted by Crippen LogP contribution is -2.24. The number of nitrogens with two attached hydrogens (primary N) is 2. The summed E-state index contributed by atoms with van der Waals surface area (Å²) in [4.78, 5) is 15.9. The largest absolute Gasteiger partial charge is 0.370 e. The van der Waals surface area contributed by atoms with E-state index in [-0.39, 0.29) is 5.96 Å². The van der Waals surface area contributed by atoms with Gasteiger partial charge in [0.25, 0.3) is 5.91 Å². The molecule has 25 heavy (non-hydrogen) atoms. The summed E-state index contributed by atoms with van der Waals surface area (Å²) in [5, 5.41) is 0. The van der Waals surface area contributed by atoms with Crippen molar-refractivity contribution in [2.45, 2.75) is 33.1 Å². The second-order valence-corrected chi connectivity index (χ2v) is 6.42. The molecule has 0 saturated heterocycles. The predicted molar refractivity (Wildman–Crippen MR) is 102 cm³/mol. The van der Waals surface area contributed by atoms with Crippen molar-refractivity contribution in [2.75, 3.05) is 0 Å². The lowest BCUT2D eigenvalue weighted by Gasteiger charge is -2.24. The number of allylic oxidation sites excluding steroid dienone is 1. The highest BCUT2D eigenvalue weighted by atomic mass is 16.1. The molecule has 0 spiro atoms. The van der Waals surface area contributed by atoms with E-state index < -0.39 is 5.91 Å². The Labute approximate surface area is 148 Å². The topological polar surface area (TPSA) is 81.5 Å². The zero-order valence-corrected chi connectivity index (χ0v) is 14.7. The zero-order chi connectivity index (χ0) is 18.0. The minimum Gasteiger partial charge on any atom is -0.370 e. The van der Waals surface area contributed by atoms with Crippen LogP contribution in [0.4, 0.5) is 0 Å². The molecule has 0 aliphatic heterocycles. The van der Waals surface area contributed by atoms with Crippen molar-refractivity contribution < 1.29 is 4.79 Å². The highest BCUT2D eigenvalue weighted by molar-refractivity contribution is 6.03. The van der Waals surface area contributed by atoms with Gasteiger partial charge in [-0.05, 0) is 60.6 Å². The average molecular weight is 333 g/mol. The summed E-state index contributed by atoms with van der Waals surface area (Å²) in [7, 11) is 0. The number of hydrogen-bond donors (Lipinski definition) is 2. The molecule has 2 aromatic rings. The molecular formula is C21H23N3O. The molecule has 0 fully saturated rings. The van der Waals surface area contributed by atoms with Crippen LogP contribution in [0.25, 0.3) is 5.57 Å². The second-order valence-electron chi connectivity index (χ2n) is 6.42. The summed E-state index contributed by atoms with van der Waals surface area (Å²) < 4.78 is 0. The van der Waals surface area contributed by atoms with Gasteiger partial charge in [-0.25, -0.2) is 0 Å². The molecule has 128 valence electrons. The van der Waals surface area contributed by atoms with Gasteiger partial charge in [0.1, 0.15) is 0 Å². The molecule has 0 heterocycles. The molecule has 0 aromatic heterocycles. The minimum atomic E-state index is -0.407. The van der Waals surface area contributed by atoms with Gasteiger partial charge in [-0.3, -0.25) is 4.79 Å². The third-order valence-corrected chi connectivity index (χ3v) is 4.64. The number of aryl methyl sites for hydroxylation is 2. The number of rotatable bonds is 3. The maximum Gasteiger partial charge on any atom is 0.280 e. The summed E-state index contributed by atoms with van der Waals surface area (Å²) >= 11 is 0. The summed E-state index contributed by atoms with van der Waals surface area (Å²) in [6.07, 6.45) is 3.04. The fraction of sp³-hybridized carbons (Fsp3) is 0.238. The van der Waals surface area contributed by atoms with Gasteiger partial charge in [0.05, 0.1) is 0 Å². The molecule has 4 N–H and O–H groups in total. The van der Waals surface area contributed by atoms with Crippen molar-refractivity contribution >= 4 is 17.4 Å². The Bertz CT molecular complexity index is 890. The van der Waals surface area contributed by atoms with Crippen LogP contribution in [0.2, 0.25) is 0 Å². The van der Waals surface area contributed by atoms with Crippen molar-refractivity contribution in [3.63, 3.8) is 0 Å². The molecule has 3 rings (SSSR count). The van der Waals surface area contributed by atoms with E-state index in [2.05, 4.69) is 43.1 Å². The summed E-state index contributed by atoms with van der Waals surface area (Å²) in [6, 6.07) is 14.3. The third kappa shape index (κ3) is 3.48. The number of aliphatic imine (C=N–C) groups is 1. The van der Waals surface area contributed by atoms with Gasteiger partial charge in [-0.2, -0.15) is 4.99 Å². The second kappa shape index (κ2) is 6.93. The van der Waals surface area contributed by atoms with Gasteiger partial charge in [-0.15, -0.1) is 0 Å². The molecule has 4 nitrogen and oxygen atoms in total. The first kappa shape index (κ1) is 17.0. The minimum absolute atomic E-state index is 0.216. The molecule has 0 saturated carbocycles. The zero-order valence-electron chi connectivity index (χ0n) is 14.7. The molecule has 1 aliphatic carbocycles. The Hall–Kier alpha value is -2.88. The maximum absolute atomic E-state index is 12.2. The SMILES string of the molecule is CCC1=C(c2cccc(C)c2)c2cc(C(=O)N=C(N)N)ccc2CC1. The van der Waals surface area contributed by atoms with E-state index in [1.807, 2.05) is 12.1 Å². The number of nitrogens with zero attached hydrogens (tertiary/aromatic N) is 1. The first-order valence-corrected chi connectivity index (χ1v) is 8.56. The van der Waals surface area contributed by atoms with Crippen LogP contribution in [-0.2, 0) is 6.42 Å². The summed E-state index contributed by atoms with van der Waals surface area (Å²) in [5.74, 6) is -0.624. The predicted octanol–water partition coefficient (Wildman–Crippen LogP) is 3.57. The van der Waals surface area contributed by atoms with E-state index in [1.165, 1.54) is 27.8 Å². The van der Waals surface area contributed by atoms with Gasteiger partial charge in [0.15, 0.2) is 5.96 Å². The number of carbonyl (C=O) groups is 1. The van der Waals surface area contributed by atoms with Crippen molar-refractivity contribution in [3.05, 3.63) is 75.9 Å². The van der Waals surface area contributed by atoms with Gasteiger partial charge in [0, 0.05) is 5.56 Å². The highest BCUT2D eigenvalue weighted by Gasteiger charge is 2.21. The van der Waals surface area contributed by atoms with Crippen LogP contribution in [0, 0.1) is 6.92 Å². The fourth-order valence-electron chi connectivity index (χ4n) is 3.46. The normalized spacial score (nSPS) is 13.4. The summed E-state index contributed by atoms with van der Waals surface area (Å²) in [6.45, 7) is 4.28. The number of amides is 1. The smallest absolute Gasteiger partial charge is 0.280 e. The third-order valence-electron chi connectivity index (χ3n) is 4.64. The number of guanidine groups is 1. The van der Waals surface area contributed by atoms with Crippen molar-refractivity contribution in [3.8, 4) is 0 Å². The van der Waals surface area contributed by atoms with Crippen molar-refractivity contribution in [1.29, 1.82) is 0 Å². The van der Waals surface area contributed by atoms with E-state index >= 15 is 0 Å². The Kier molecular flexibility index (Phi) is 4.70. The Balaban J connectivity index is 2.17. The van der Waals surface area contributed by atoms with Gasteiger partial charge < -0.3 is 11.5 Å². The molecule has 1 amide bonds. The average Bonchev–Trinajstić information content (AvgIpc) is 2.59. The van der Waals surface area contributed by atoms with Gasteiger partial charge in [0.2, 0.25) is 0 Å². The van der Waals surface area contributed by atoms with E-state index in [4.69, 9.17) is 11.5 Å². The lowest BCUT2D eigenvalue weighted by molar-refractivity contribution is 0.100. The van der Waals surface area contributed by atoms with Crippen LogP contribution >= 0.6 is 0 Å². The van der Waals surface area contributed by atoms with Crippen LogP contribution in [0.15, 0.2) is 53.0 Å². The maximum atomic E-state index is 12.2. The molecule has 1 aliphatic rings. The summed E-state index contributed by atoms with van der Waals surface area (Å²) in [5.41, 5.74) is 18.7. The van der Waals surface area contributed by atoms with Crippen LogP contribution in [0.3, 0.4) is 0 Å². The Morgan fingerprint density at radius 1 is 1.12 bits per heavy atom. The number of carbonyl (C=O) groups excluding carboxylic acids is 1. The standard InChI is InChI=1S/C21H23N3O/c1-3-14-7-8-15-9-10-17(20(25)24-21(22)23)12-18(15)19(14)16-6-4-5-13(2)11-16/h4-6,9-12H,3,7-8H2,1-2H3,(H4,22,23,24,25). The molecule has 0 unspecified atom stereocenters. The van der Waals surface area contributed by atoms with Gasteiger partial charge in [-0.1, -0.05) is 48.4 Å². The molecular weight excluding hydrogens is 310 g/mol. The highest BCUT2D eigenvalue weighted by Crippen LogP contribution is 2.38. The van der Waals surface area contributed by atoms with E-state index in [0.717, 1.165) is 24.8 Å². The quantitative estimate of drug-likeness (QED) is 0.665. The number of hydrogen-bond acceptors (Lipinski definition) is 1.